The predicted molar refractivity (Wildman–Crippen MR) is 86.3 cm³/mol. The highest BCUT2D eigenvalue weighted by atomic mass is 35.5. The molecule has 1 aromatic heterocycles. The monoisotopic (exact) mass is 301 g/mol. The molecule has 4 heteroatoms. The fourth-order valence-electron chi connectivity index (χ4n) is 2.29. The molecule has 0 aliphatic heterocycles. The van der Waals surface area contributed by atoms with Crippen LogP contribution in [0.3, 0.4) is 0 Å². The predicted octanol–water partition coefficient (Wildman–Crippen LogP) is 5.02. The van der Waals surface area contributed by atoms with Gasteiger partial charge < -0.3 is 14.5 Å². The summed E-state index contributed by atoms with van der Waals surface area (Å²) in [6.07, 6.45) is 0. The molecule has 108 valence electrons. The molecule has 0 radical (unpaired) electrons. The standard InChI is InChI=1S/C17H16ClNO2/c1-11-6-7-14(18)15(8-11)19-10-13-9-12-4-3-5-16(20-2)17(12)21-13/h3-9,19H,10H2,1-2H3. The van der Waals surface area contributed by atoms with Crippen LogP contribution in [0.1, 0.15) is 11.3 Å². The Labute approximate surface area is 128 Å². The Balaban J connectivity index is 1.84. The number of methoxy groups -OCH3 is 1. The Morgan fingerprint density at radius 1 is 1.19 bits per heavy atom. The van der Waals surface area contributed by atoms with Crippen molar-refractivity contribution < 1.29 is 9.15 Å². The summed E-state index contributed by atoms with van der Waals surface area (Å²) in [7, 11) is 1.64. The van der Waals surface area contributed by atoms with Crippen LogP contribution in [0.4, 0.5) is 5.69 Å². The fraction of sp³-hybridized carbons (Fsp3) is 0.176. The molecule has 1 heterocycles. The molecular weight excluding hydrogens is 286 g/mol. The first-order valence-electron chi connectivity index (χ1n) is 6.73. The van der Waals surface area contributed by atoms with Gasteiger partial charge in [0.1, 0.15) is 5.76 Å². The van der Waals surface area contributed by atoms with Crippen molar-refractivity contribution in [1.82, 2.24) is 0 Å². The number of halogens is 1. The smallest absolute Gasteiger partial charge is 0.176 e. The van der Waals surface area contributed by atoms with Crippen molar-refractivity contribution in [2.45, 2.75) is 13.5 Å². The SMILES string of the molecule is COc1cccc2cc(CNc3cc(C)ccc3Cl)oc12. The minimum Gasteiger partial charge on any atom is -0.493 e. The van der Waals surface area contributed by atoms with E-state index in [1.165, 1.54) is 0 Å². The van der Waals surface area contributed by atoms with Gasteiger partial charge in [-0.3, -0.25) is 0 Å². The number of nitrogens with one attached hydrogen (secondary N) is 1. The lowest BCUT2D eigenvalue weighted by Gasteiger charge is -2.07. The van der Waals surface area contributed by atoms with Crippen LogP contribution in [0.15, 0.2) is 46.9 Å². The molecule has 0 saturated heterocycles. The summed E-state index contributed by atoms with van der Waals surface area (Å²) in [5.41, 5.74) is 2.84. The fourth-order valence-corrected chi connectivity index (χ4v) is 2.48. The molecule has 0 atom stereocenters. The van der Waals surface area contributed by atoms with E-state index in [0.29, 0.717) is 11.6 Å². The van der Waals surface area contributed by atoms with Gasteiger partial charge in [-0.15, -0.1) is 0 Å². The van der Waals surface area contributed by atoms with Crippen molar-refractivity contribution in [2.24, 2.45) is 0 Å². The quantitative estimate of drug-likeness (QED) is 0.735. The molecule has 0 spiro atoms. The Bertz CT molecular complexity index is 780. The van der Waals surface area contributed by atoms with Gasteiger partial charge in [-0.25, -0.2) is 0 Å². The average Bonchev–Trinajstić information content (AvgIpc) is 2.91. The molecule has 21 heavy (non-hydrogen) atoms. The summed E-state index contributed by atoms with van der Waals surface area (Å²) in [6, 6.07) is 13.7. The Morgan fingerprint density at radius 3 is 2.86 bits per heavy atom. The van der Waals surface area contributed by atoms with E-state index in [1.54, 1.807) is 7.11 Å². The van der Waals surface area contributed by atoms with Crippen LogP contribution >= 0.6 is 11.6 Å². The van der Waals surface area contributed by atoms with E-state index in [-0.39, 0.29) is 0 Å². The van der Waals surface area contributed by atoms with Gasteiger partial charge in [-0.2, -0.15) is 0 Å². The second kappa shape index (κ2) is 5.70. The third-order valence-corrected chi connectivity index (χ3v) is 3.68. The molecule has 0 bridgehead atoms. The molecular formula is C17H16ClNO2. The lowest BCUT2D eigenvalue weighted by molar-refractivity contribution is 0.408. The second-order valence-corrected chi connectivity index (χ2v) is 5.34. The van der Waals surface area contributed by atoms with E-state index < -0.39 is 0 Å². The maximum Gasteiger partial charge on any atom is 0.176 e. The van der Waals surface area contributed by atoms with E-state index in [1.807, 2.05) is 49.4 Å². The van der Waals surface area contributed by atoms with Crippen LogP contribution in [-0.4, -0.2) is 7.11 Å². The molecule has 3 rings (SSSR count). The third kappa shape index (κ3) is 2.83. The molecule has 2 aromatic carbocycles. The van der Waals surface area contributed by atoms with Crippen molar-refractivity contribution in [3.05, 3.63) is 58.8 Å². The zero-order valence-electron chi connectivity index (χ0n) is 11.9. The van der Waals surface area contributed by atoms with Crippen molar-refractivity contribution in [1.29, 1.82) is 0 Å². The van der Waals surface area contributed by atoms with Gasteiger partial charge in [-0.05, 0) is 36.8 Å². The minimum absolute atomic E-state index is 0.570. The molecule has 0 aliphatic rings. The van der Waals surface area contributed by atoms with Gasteiger partial charge in [0.2, 0.25) is 0 Å². The van der Waals surface area contributed by atoms with Crippen LogP contribution < -0.4 is 10.1 Å². The number of benzene rings is 2. The third-order valence-electron chi connectivity index (χ3n) is 3.35. The van der Waals surface area contributed by atoms with Crippen molar-refractivity contribution >= 4 is 28.3 Å². The van der Waals surface area contributed by atoms with Crippen LogP contribution in [-0.2, 0) is 6.54 Å². The number of hydrogen-bond acceptors (Lipinski definition) is 3. The number of aryl methyl sites for hydroxylation is 1. The summed E-state index contributed by atoms with van der Waals surface area (Å²) in [4.78, 5) is 0. The molecule has 3 nitrogen and oxygen atoms in total. The highest BCUT2D eigenvalue weighted by Gasteiger charge is 2.09. The first kappa shape index (κ1) is 13.8. The number of anilines is 1. The Kier molecular flexibility index (Phi) is 3.76. The zero-order chi connectivity index (χ0) is 14.8. The van der Waals surface area contributed by atoms with Crippen LogP contribution in [0.2, 0.25) is 5.02 Å². The number of fused-ring (bicyclic) bond motifs is 1. The molecule has 0 fully saturated rings. The van der Waals surface area contributed by atoms with Gasteiger partial charge in [0.15, 0.2) is 11.3 Å². The zero-order valence-corrected chi connectivity index (χ0v) is 12.7. The molecule has 1 N–H and O–H groups in total. The molecule has 3 aromatic rings. The lowest BCUT2D eigenvalue weighted by atomic mass is 10.2. The molecule has 0 amide bonds. The van der Waals surface area contributed by atoms with Crippen LogP contribution in [0.5, 0.6) is 5.75 Å². The summed E-state index contributed by atoms with van der Waals surface area (Å²) < 4.78 is 11.2. The highest BCUT2D eigenvalue weighted by Crippen LogP contribution is 2.29. The van der Waals surface area contributed by atoms with Gasteiger partial charge >= 0.3 is 0 Å². The largest absolute Gasteiger partial charge is 0.493 e. The number of ether oxygens (including phenoxy) is 1. The summed E-state index contributed by atoms with van der Waals surface area (Å²) in [5.74, 6) is 1.58. The molecule has 0 saturated carbocycles. The van der Waals surface area contributed by atoms with Crippen molar-refractivity contribution in [3.8, 4) is 5.75 Å². The van der Waals surface area contributed by atoms with Gasteiger partial charge in [0.05, 0.1) is 24.4 Å². The number of hydrogen-bond donors (Lipinski definition) is 1. The Hall–Kier alpha value is -2.13. The molecule has 0 unspecified atom stereocenters. The second-order valence-electron chi connectivity index (χ2n) is 4.93. The van der Waals surface area contributed by atoms with Gasteiger partial charge in [-0.1, -0.05) is 29.8 Å². The van der Waals surface area contributed by atoms with Gasteiger partial charge in [0, 0.05) is 5.39 Å². The molecule has 0 aliphatic carbocycles. The van der Waals surface area contributed by atoms with Crippen LogP contribution in [0.25, 0.3) is 11.0 Å². The van der Waals surface area contributed by atoms with Gasteiger partial charge in [0.25, 0.3) is 0 Å². The average molecular weight is 302 g/mol. The maximum atomic E-state index is 6.18. The van der Waals surface area contributed by atoms with Crippen molar-refractivity contribution in [2.75, 3.05) is 12.4 Å². The van der Waals surface area contributed by atoms with E-state index in [0.717, 1.165) is 33.7 Å². The van der Waals surface area contributed by atoms with Crippen molar-refractivity contribution in [3.63, 3.8) is 0 Å². The van der Waals surface area contributed by atoms with E-state index in [4.69, 9.17) is 20.8 Å². The first-order valence-corrected chi connectivity index (χ1v) is 7.10. The summed E-state index contributed by atoms with van der Waals surface area (Å²) in [6.45, 7) is 2.61. The topological polar surface area (TPSA) is 34.4 Å². The maximum absolute atomic E-state index is 6.18. The van der Waals surface area contributed by atoms with E-state index in [9.17, 15) is 0 Å². The normalized spacial score (nSPS) is 10.8. The minimum atomic E-state index is 0.570. The number of rotatable bonds is 4. The lowest BCUT2D eigenvalue weighted by Crippen LogP contribution is -1.98. The van der Waals surface area contributed by atoms with E-state index >= 15 is 0 Å². The van der Waals surface area contributed by atoms with E-state index in [2.05, 4.69) is 5.32 Å². The Morgan fingerprint density at radius 2 is 2.05 bits per heavy atom. The number of furan rings is 1. The van der Waals surface area contributed by atoms with Crippen LogP contribution in [0, 0.1) is 6.92 Å². The summed E-state index contributed by atoms with van der Waals surface area (Å²) in [5, 5.41) is 5.03. The highest BCUT2D eigenvalue weighted by molar-refractivity contribution is 6.33. The first-order chi connectivity index (χ1) is 10.2. The summed E-state index contributed by atoms with van der Waals surface area (Å²) >= 11 is 6.18. The number of para-hydroxylation sites is 1.